The van der Waals surface area contributed by atoms with Crippen LogP contribution in [0.25, 0.3) is 0 Å². The standard InChI is InChI=1S/C12H17ClFN5O3/c1-11(14)6(21)5(3-20)22-9(11)19-4-16-12(2)7(13)17-10(15)18-8(12)19/h4-6,8-9,20-21H,3H2,1-2H3,(H2,15,18)/t5-,6-,8?,9-,11-,12-/m1/s1. The summed E-state index contributed by atoms with van der Waals surface area (Å²) in [5.41, 5.74) is 2.50. The molecule has 3 aliphatic heterocycles. The topological polar surface area (TPSA) is 116 Å². The summed E-state index contributed by atoms with van der Waals surface area (Å²) in [4.78, 5) is 13.7. The lowest BCUT2D eigenvalue weighted by atomic mass is 9.95. The largest absolute Gasteiger partial charge is 0.394 e. The molecule has 3 aliphatic rings. The van der Waals surface area contributed by atoms with Gasteiger partial charge in [-0.15, -0.1) is 0 Å². The molecule has 0 amide bonds. The van der Waals surface area contributed by atoms with Crippen LogP contribution in [0.2, 0.25) is 0 Å². The smallest absolute Gasteiger partial charge is 0.218 e. The second-order valence-corrected chi connectivity index (χ2v) is 6.27. The van der Waals surface area contributed by atoms with E-state index in [0.717, 1.165) is 0 Å². The number of hydrogen-bond donors (Lipinski definition) is 3. The third-order valence-corrected chi connectivity index (χ3v) is 4.76. The number of ether oxygens (including phenoxy) is 1. The summed E-state index contributed by atoms with van der Waals surface area (Å²) in [5.74, 6) is -0.0409. The molecule has 4 N–H and O–H groups in total. The number of alkyl halides is 1. The zero-order valence-electron chi connectivity index (χ0n) is 12.0. The molecule has 8 nitrogen and oxygen atoms in total. The molecule has 0 aromatic rings. The lowest BCUT2D eigenvalue weighted by Crippen LogP contribution is -2.57. The normalized spacial score (nSPS) is 47.5. The highest BCUT2D eigenvalue weighted by Gasteiger charge is 2.60. The lowest BCUT2D eigenvalue weighted by Gasteiger charge is -2.38. The van der Waals surface area contributed by atoms with E-state index in [1.807, 2.05) is 0 Å². The van der Waals surface area contributed by atoms with Gasteiger partial charge in [-0.05, 0) is 13.8 Å². The minimum atomic E-state index is -2.13. The number of guanidine groups is 1. The lowest BCUT2D eigenvalue weighted by molar-refractivity contribution is -0.0883. The van der Waals surface area contributed by atoms with Crippen LogP contribution in [0.3, 0.4) is 0 Å². The molecule has 0 spiro atoms. The molecule has 22 heavy (non-hydrogen) atoms. The third-order valence-electron chi connectivity index (χ3n) is 4.30. The number of nitrogens with zero attached hydrogens (tertiary/aromatic N) is 4. The van der Waals surface area contributed by atoms with E-state index >= 15 is 0 Å². The molecule has 122 valence electrons. The number of hydrogen-bond acceptors (Lipinski definition) is 8. The van der Waals surface area contributed by atoms with Crippen LogP contribution in [0.1, 0.15) is 13.8 Å². The fraction of sp³-hybridized carbons (Fsp3) is 0.750. The zero-order valence-corrected chi connectivity index (χ0v) is 12.8. The van der Waals surface area contributed by atoms with Crippen molar-refractivity contribution in [3.05, 3.63) is 0 Å². The van der Waals surface area contributed by atoms with Crippen LogP contribution in [0.4, 0.5) is 4.39 Å². The predicted octanol–water partition coefficient (Wildman–Crippen LogP) is -0.813. The maximum atomic E-state index is 14.9. The molecular weight excluding hydrogens is 317 g/mol. The van der Waals surface area contributed by atoms with E-state index in [-0.39, 0.29) is 11.1 Å². The first-order valence-electron chi connectivity index (χ1n) is 6.76. The monoisotopic (exact) mass is 333 g/mol. The van der Waals surface area contributed by atoms with E-state index in [1.165, 1.54) is 18.2 Å². The van der Waals surface area contributed by atoms with Crippen LogP contribution in [0, 0.1) is 0 Å². The van der Waals surface area contributed by atoms with Gasteiger partial charge in [-0.25, -0.2) is 14.4 Å². The summed E-state index contributed by atoms with van der Waals surface area (Å²) >= 11 is 6.11. The van der Waals surface area contributed by atoms with Crippen LogP contribution in [0.5, 0.6) is 0 Å². The quantitative estimate of drug-likeness (QED) is 0.611. The fourth-order valence-corrected chi connectivity index (χ4v) is 3.14. The highest BCUT2D eigenvalue weighted by Crippen LogP contribution is 2.41. The average Bonchev–Trinajstić information content (AvgIpc) is 2.88. The van der Waals surface area contributed by atoms with Gasteiger partial charge in [0.15, 0.2) is 23.6 Å². The molecule has 1 saturated heterocycles. The minimum Gasteiger partial charge on any atom is -0.394 e. The highest BCUT2D eigenvalue weighted by molar-refractivity contribution is 6.68. The summed E-state index contributed by atoms with van der Waals surface area (Å²) in [6.07, 6.45) is -3.07. The second kappa shape index (κ2) is 4.85. The molecule has 6 atom stereocenters. The number of halogens is 2. The molecule has 0 saturated carbocycles. The molecule has 3 rings (SSSR count). The van der Waals surface area contributed by atoms with E-state index in [0.29, 0.717) is 0 Å². The number of fused-ring (bicyclic) bond motifs is 1. The van der Waals surface area contributed by atoms with Gasteiger partial charge in [0.2, 0.25) is 5.96 Å². The van der Waals surface area contributed by atoms with Crippen molar-refractivity contribution in [3.8, 4) is 0 Å². The molecule has 0 radical (unpaired) electrons. The van der Waals surface area contributed by atoms with E-state index in [4.69, 9.17) is 22.1 Å². The zero-order chi connectivity index (χ0) is 16.3. The van der Waals surface area contributed by atoms with Crippen molar-refractivity contribution in [1.29, 1.82) is 0 Å². The first kappa shape index (κ1) is 15.6. The van der Waals surface area contributed by atoms with Crippen molar-refractivity contribution in [2.75, 3.05) is 6.61 Å². The van der Waals surface area contributed by atoms with E-state index in [9.17, 15) is 14.6 Å². The summed E-state index contributed by atoms with van der Waals surface area (Å²) in [5, 5.41) is 19.3. The van der Waals surface area contributed by atoms with Crippen LogP contribution in [0.15, 0.2) is 15.0 Å². The Morgan fingerprint density at radius 1 is 1.55 bits per heavy atom. The molecule has 0 aliphatic carbocycles. The van der Waals surface area contributed by atoms with Gasteiger partial charge in [-0.3, -0.25) is 4.99 Å². The van der Waals surface area contributed by atoms with Gasteiger partial charge < -0.3 is 25.6 Å². The molecule has 0 aromatic heterocycles. The van der Waals surface area contributed by atoms with Gasteiger partial charge in [0, 0.05) is 0 Å². The number of aliphatic hydroxyl groups is 2. The Kier molecular flexibility index (Phi) is 3.44. The van der Waals surface area contributed by atoms with Crippen LogP contribution in [-0.4, -0.2) is 75.0 Å². The van der Waals surface area contributed by atoms with Crippen molar-refractivity contribution in [3.63, 3.8) is 0 Å². The fourth-order valence-electron chi connectivity index (χ4n) is 2.90. The van der Waals surface area contributed by atoms with E-state index in [1.54, 1.807) is 6.92 Å². The van der Waals surface area contributed by atoms with Crippen molar-refractivity contribution >= 4 is 29.1 Å². The Morgan fingerprint density at radius 2 is 2.23 bits per heavy atom. The SMILES string of the molecule is C[C@@]1(F)[C@H](O)[C@@H](CO)O[C@H]1N1C=N[C@]2(C)C(Cl)=NC(N)=NC12. The minimum absolute atomic E-state index is 0.0409. The second-order valence-electron chi connectivity index (χ2n) is 5.91. The summed E-state index contributed by atoms with van der Waals surface area (Å²) in [6, 6.07) is 0. The Hall–Kier alpha value is -1.29. The van der Waals surface area contributed by atoms with Gasteiger partial charge in [0.25, 0.3) is 0 Å². The van der Waals surface area contributed by atoms with Gasteiger partial charge in [0.05, 0.1) is 12.9 Å². The molecular formula is C12H17ClFN5O3. The summed E-state index contributed by atoms with van der Waals surface area (Å²) in [6.45, 7) is 2.39. The number of rotatable bonds is 2. The number of nitrogens with two attached hydrogens (primary N) is 1. The van der Waals surface area contributed by atoms with Crippen LogP contribution < -0.4 is 5.73 Å². The van der Waals surface area contributed by atoms with Crippen molar-refractivity contribution in [2.45, 2.75) is 49.7 Å². The Bertz CT molecular complexity index is 583. The third kappa shape index (κ3) is 1.96. The van der Waals surface area contributed by atoms with Crippen LogP contribution >= 0.6 is 11.6 Å². The first-order valence-corrected chi connectivity index (χ1v) is 7.13. The molecule has 1 fully saturated rings. The van der Waals surface area contributed by atoms with Crippen molar-refractivity contribution in [1.82, 2.24) is 4.90 Å². The molecule has 10 heteroatoms. The highest BCUT2D eigenvalue weighted by atomic mass is 35.5. The molecule has 1 unspecified atom stereocenters. The molecule has 0 aromatic carbocycles. The Morgan fingerprint density at radius 3 is 2.82 bits per heavy atom. The summed E-state index contributed by atoms with van der Waals surface area (Å²) < 4.78 is 20.4. The van der Waals surface area contributed by atoms with Crippen molar-refractivity contribution < 1.29 is 19.3 Å². The Labute approximate surface area is 131 Å². The van der Waals surface area contributed by atoms with E-state index < -0.39 is 42.4 Å². The van der Waals surface area contributed by atoms with Crippen LogP contribution in [-0.2, 0) is 4.74 Å². The van der Waals surface area contributed by atoms with E-state index in [2.05, 4.69) is 15.0 Å². The average molecular weight is 334 g/mol. The van der Waals surface area contributed by atoms with Gasteiger partial charge in [-0.1, -0.05) is 11.6 Å². The van der Waals surface area contributed by atoms with Gasteiger partial charge >= 0.3 is 0 Å². The number of aliphatic hydroxyl groups excluding tert-OH is 2. The Balaban J connectivity index is 1.95. The maximum absolute atomic E-state index is 14.9. The maximum Gasteiger partial charge on any atom is 0.218 e. The summed E-state index contributed by atoms with van der Waals surface area (Å²) in [7, 11) is 0. The van der Waals surface area contributed by atoms with Crippen molar-refractivity contribution in [2.24, 2.45) is 20.7 Å². The van der Waals surface area contributed by atoms with Gasteiger partial charge in [-0.2, -0.15) is 0 Å². The molecule has 3 heterocycles. The van der Waals surface area contributed by atoms with Gasteiger partial charge in [0.1, 0.15) is 17.4 Å². The first-order chi connectivity index (χ1) is 10.2. The number of aliphatic imine (C=N–C) groups is 3. The molecule has 0 bridgehead atoms. The predicted molar refractivity (Wildman–Crippen MR) is 78.7 cm³/mol.